The fraction of sp³-hybridized carbons (Fsp3) is 1.00. The molecule has 0 amide bonds. The van der Waals surface area contributed by atoms with Crippen molar-refractivity contribution in [1.29, 1.82) is 0 Å². The minimum absolute atomic E-state index is 0.106. The Kier molecular flexibility index (Phi) is 2.62. The van der Waals surface area contributed by atoms with Crippen molar-refractivity contribution in [3.8, 4) is 0 Å². The SMILES string of the molecule is CS(=O)(=O)OC1CC2CC2(OS(C)(=O)=O)C1. The first-order valence-corrected chi connectivity index (χ1v) is 8.52. The van der Waals surface area contributed by atoms with E-state index < -0.39 is 31.9 Å². The molecule has 2 rings (SSSR count). The maximum Gasteiger partial charge on any atom is 0.264 e. The second-order valence-electron chi connectivity index (χ2n) is 4.62. The minimum Gasteiger partial charge on any atom is -0.267 e. The third-order valence-electron chi connectivity index (χ3n) is 2.92. The summed E-state index contributed by atoms with van der Waals surface area (Å²) < 4.78 is 53.7. The highest BCUT2D eigenvalue weighted by Gasteiger charge is 2.64. The summed E-state index contributed by atoms with van der Waals surface area (Å²) in [5.74, 6) is 0.106. The normalized spacial score (nSPS) is 38.4. The predicted octanol–water partition coefficient (Wildman–Crippen LogP) is -0.140. The van der Waals surface area contributed by atoms with Crippen molar-refractivity contribution in [2.24, 2.45) is 5.92 Å². The molecule has 3 atom stereocenters. The summed E-state index contributed by atoms with van der Waals surface area (Å²) in [7, 11) is -6.98. The molecule has 0 saturated heterocycles. The monoisotopic (exact) mass is 270 g/mol. The molecule has 0 bridgehead atoms. The van der Waals surface area contributed by atoms with Crippen LogP contribution in [0.15, 0.2) is 0 Å². The summed E-state index contributed by atoms with van der Waals surface area (Å²) in [6, 6.07) is 0. The highest BCUT2D eigenvalue weighted by atomic mass is 32.2. The molecule has 16 heavy (non-hydrogen) atoms. The first-order chi connectivity index (χ1) is 7.10. The van der Waals surface area contributed by atoms with Gasteiger partial charge >= 0.3 is 0 Å². The zero-order valence-corrected chi connectivity index (χ0v) is 10.7. The Hall–Kier alpha value is -0.180. The third kappa shape index (κ3) is 2.73. The van der Waals surface area contributed by atoms with Crippen LogP contribution in [0.4, 0.5) is 0 Å². The van der Waals surface area contributed by atoms with E-state index in [1.165, 1.54) is 0 Å². The molecule has 2 fully saturated rings. The Morgan fingerprint density at radius 3 is 2.19 bits per heavy atom. The van der Waals surface area contributed by atoms with E-state index in [1.54, 1.807) is 0 Å². The van der Waals surface area contributed by atoms with Gasteiger partial charge in [-0.1, -0.05) is 0 Å². The summed E-state index contributed by atoms with van der Waals surface area (Å²) >= 11 is 0. The van der Waals surface area contributed by atoms with E-state index in [2.05, 4.69) is 0 Å². The van der Waals surface area contributed by atoms with E-state index in [-0.39, 0.29) is 5.92 Å². The van der Waals surface area contributed by atoms with Crippen LogP contribution in [0.25, 0.3) is 0 Å². The van der Waals surface area contributed by atoms with Crippen molar-refractivity contribution < 1.29 is 25.2 Å². The zero-order chi connectivity index (χ0) is 12.2. The summed E-state index contributed by atoms with van der Waals surface area (Å²) in [6.45, 7) is 0. The summed E-state index contributed by atoms with van der Waals surface area (Å²) in [6.07, 6.45) is 3.09. The number of fused-ring (bicyclic) bond motifs is 1. The molecule has 0 aliphatic heterocycles. The standard InChI is InChI=1S/C8H14O6S2/c1-15(9,10)13-7-3-6-4-8(6,5-7)14-16(2,11)12/h6-7H,3-5H2,1-2H3. The second kappa shape index (κ2) is 3.41. The van der Waals surface area contributed by atoms with Crippen molar-refractivity contribution in [1.82, 2.24) is 0 Å². The molecule has 3 unspecified atom stereocenters. The lowest BCUT2D eigenvalue weighted by Crippen LogP contribution is -2.23. The van der Waals surface area contributed by atoms with Crippen LogP contribution in [-0.2, 0) is 28.6 Å². The van der Waals surface area contributed by atoms with Crippen LogP contribution < -0.4 is 0 Å². The molecule has 2 saturated carbocycles. The first kappa shape index (κ1) is 12.3. The van der Waals surface area contributed by atoms with Crippen LogP contribution in [0.3, 0.4) is 0 Å². The van der Waals surface area contributed by atoms with Crippen molar-refractivity contribution in [2.75, 3.05) is 12.5 Å². The van der Waals surface area contributed by atoms with Gasteiger partial charge in [0, 0.05) is 6.42 Å². The largest absolute Gasteiger partial charge is 0.267 e. The maximum absolute atomic E-state index is 11.0. The van der Waals surface area contributed by atoms with Gasteiger partial charge in [-0.15, -0.1) is 0 Å². The van der Waals surface area contributed by atoms with Crippen LogP contribution in [0.5, 0.6) is 0 Å². The smallest absolute Gasteiger partial charge is 0.264 e. The topological polar surface area (TPSA) is 86.7 Å². The highest BCUT2D eigenvalue weighted by Crippen LogP contribution is 2.59. The Labute approximate surface area is 95.2 Å². The first-order valence-electron chi connectivity index (χ1n) is 4.89. The summed E-state index contributed by atoms with van der Waals surface area (Å²) in [4.78, 5) is 0. The molecule has 2 aliphatic carbocycles. The summed E-state index contributed by atoms with van der Waals surface area (Å²) in [5.41, 5.74) is -0.692. The molecule has 0 aromatic heterocycles. The molecular formula is C8H14O6S2. The van der Waals surface area contributed by atoms with E-state index in [0.29, 0.717) is 19.3 Å². The van der Waals surface area contributed by atoms with Crippen LogP contribution in [-0.4, -0.2) is 41.1 Å². The lowest BCUT2D eigenvalue weighted by Gasteiger charge is -2.15. The van der Waals surface area contributed by atoms with Gasteiger partial charge in [0.1, 0.15) is 0 Å². The average molecular weight is 270 g/mol. The molecule has 6 nitrogen and oxygen atoms in total. The Morgan fingerprint density at radius 2 is 1.69 bits per heavy atom. The van der Waals surface area contributed by atoms with Gasteiger partial charge in [0.15, 0.2) is 0 Å². The Bertz CT molecular complexity index is 493. The van der Waals surface area contributed by atoms with Gasteiger partial charge < -0.3 is 0 Å². The van der Waals surface area contributed by atoms with Gasteiger partial charge in [0.2, 0.25) is 0 Å². The van der Waals surface area contributed by atoms with Gasteiger partial charge in [-0.05, 0) is 18.8 Å². The molecule has 0 N–H and O–H groups in total. The molecule has 0 aromatic carbocycles. The molecule has 0 spiro atoms. The van der Waals surface area contributed by atoms with Crippen molar-refractivity contribution in [2.45, 2.75) is 31.0 Å². The average Bonchev–Trinajstić information content (AvgIpc) is 2.44. The van der Waals surface area contributed by atoms with Crippen molar-refractivity contribution in [3.05, 3.63) is 0 Å². The molecule has 0 heterocycles. The molecule has 0 radical (unpaired) electrons. The fourth-order valence-corrected chi connectivity index (χ4v) is 3.97. The van der Waals surface area contributed by atoms with Crippen molar-refractivity contribution >= 4 is 20.2 Å². The quantitative estimate of drug-likeness (QED) is 0.661. The van der Waals surface area contributed by atoms with E-state index in [4.69, 9.17) is 8.37 Å². The van der Waals surface area contributed by atoms with E-state index in [1.807, 2.05) is 0 Å². The van der Waals surface area contributed by atoms with Gasteiger partial charge in [0.25, 0.3) is 20.2 Å². The summed E-state index contributed by atoms with van der Waals surface area (Å²) in [5, 5.41) is 0. The van der Waals surface area contributed by atoms with Crippen LogP contribution >= 0.6 is 0 Å². The number of hydrogen-bond donors (Lipinski definition) is 0. The number of rotatable bonds is 4. The van der Waals surface area contributed by atoms with Crippen molar-refractivity contribution in [3.63, 3.8) is 0 Å². The Balaban J connectivity index is 2.00. The maximum atomic E-state index is 11.0. The van der Waals surface area contributed by atoms with Gasteiger partial charge in [0.05, 0.1) is 24.2 Å². The van der Waals surface area contributed by atoms with Crippen LogP contribution in [0.1, 0.15) is 19.3 Å². The lowest BCUT2D eigenvalue weighted by atomic mass is 10.2. The lowest BCUT2D eigenvalue weighted by molar-refractivity contribution is 0.138. The zero-order valence-electron chi connectivity index (χ0n) is 9.04. The van der Waals surface area contributed by atoms with Crippen LogP contribution in [0, 0.1) is 5.92 Å². The molecule has 8 heteroatoms. The molecular weight excluding hydrogens is 256 g/mol. The second-order valence-corrected chi connectivity index (χ2v) is 7.79. The minimum atomic E-state index is -3.50. The highest BCUT2D eigenvalue weighted by molar-refractivity contribution is 7.86. The van der Waals surface area contributed by atoms with Gasteiger partial charge in [-0.3, -0.25) is 8.37 Å². The van der Waals surface area contributed by atoms with Gasteiger partial charge in [-0.2, -0.15) is 16.8 Å². The van der Waals surface area contributed by atoms with Gasteiger partial charge in [-0.25, -0.2) is 0 Å². The molecule has 2 aliphatic rings. The number of hydrogen-bond acceptors (Lipinski definition) is 6. The molecule has 94 valence electrons. The van der Waals surface area contributed by atoms with E-state index in [9.17, 15) is 16.8 Å². The fourth-order valence-electron chi connectivity index (χ4n) is 2.45. The molecule has 0 aromatic rings. The third-order valence-corrected chi connectivity index (χ3v) is 4.18. The van der Waals surface area contributed by atoms with E-state index >= 15 is 0 Å². The predicted molar refractivity (Wildman–Crippen MR) is 55.7 cm³/mol. The van der Waals surface area contributed by atoms with Crippen LogP contribution in [0.2, 0.25) is 0 Å². The van der Waals surface area contributed by atoms with E-state index in [0.717, 1.165) is 12.5 Å². The Morgan fingerprint density at radius 1 is 1.06 bits per heavy atom.